The first-order valence-corrected chi connectivity index (χ1v) is 12.8. The highest BCUT2D eigenvalue weighted by Crippen LogP contribution is 2.50. The van der Waals surface area contributed by atoms with E-state index < -0.39 is 18.2 Å². The molecular formula is C27H25F2N3O6. The van der Waals surface area contributed by atoms with E-state index in [2.05, 4.69) is 19.7 Å². The smallest absolute Gasteiger partial charge is 0.492 e. The van der Waals surface area contributed by atoms with E-state index >= 15 is 0 Å². The van der Waals surface area contributed by atoms with E-state index in [1.54, 1.807) is 17.0 Å². The van der Waals surface area contributed by atoms with Crippen molar-refractivity contribution in [2.24, 2.45) is 0 Å². The van der Waals surface area contributed by atoms with E-state index in [-0.39, 0.29) is 41.7 Å². The molecule has 2 saturated heterocycles. The molecule has 1 atom stereocenters. The Labute approximate surface area is 216 Å². The number of ether oxygens (including phenoxy) is 3. The van der Waals surface area contributed by atoms with Crippen LogP contribution in [0.2, 0.25) is 0 Å². The molecule has 38 heavy (non-hydrogen) atoms. The molecule has 5 aliphatic rings. The lowest BCUT2D eigenvalue weighted by Gasteiger charge is -2.38. The Balaban J connectivity index is 1.05. The number of likely N-dealkylation sites (tertiary alicyclic amines) is 1. The van der Waals surface area contributed by atoms with E-state index in [4.69, 9.17) is 4.74 Å². The molecule has 5 aliphatic heterocycles. The summed E-state index contributed by atoms with van der Waals surface area (Å²) in [6.07, 6.45) is -1.39. The Morgan fingerprint density at radius 1 is 1.03 bits per heavy atom. The highest BCUT2D eigenvalue weighted by Gasteiger charge is 2.48. The molecular weight excluding hydrogens is 500 g/mol. The summed E-state index contributed by atoms with van der Waals surface area (Å²) in [6.45, 7) is 3.01. The van der Waals surface area contributed by atoms with Crippen LogP contribution in [0.15, 0.2) is 30.3 Å². The maximum absolute atomic E-state index is 13.4. The van der Waals surface area contributed by atoms with Crippen LogP contribution in [0.1, 0.15) is 52.7 Å². The monoisotopic (exact) mass is 525 g/mol. The van der Waals surface area contributed by atoms with Crippen molar-refractivity contribution in [3.8, 4) is 17.2 Å². The number of alkyl halides is 2. The van der Waals surface area contributed by atoms with Crippen LogP contribution in [0.25, 0.3) is 0 Å². The number of piperidine rings is 2. The van der Waals surface area contributed by atoms with Gasteiger partial charge in [-0.25, -0.2) is 0 Å². The second kappa shape index (κ2) is 8.13. The molecule has 1 spiro atoms. The summed E-state index contributed by atoms with van der Waals surface area (Å²) in [6, 6.07) is 8.05. The molecule has 0 aromatic heterocycles. The Morgan fingerprint density at radius 3 is 2.61 bits per heavy atom. The average Bonchev–Trinajstić information content (AvgIpc) is 3.51. The number of nitrogens with zero attached hydrogens (tertiary/aromatic N) is 2. The third-order valence-electron chi connectivity index (χ3n) is 8.42. The van der Waals surface area contributed by atoms with Crippen molar-refractivity contribution in [2.45, 2.75) is 56.5 Å². The maximum atomic E-state index is 13.4. The van der Waals surface area contributed by atoms with Crippen LogP contribution in [0.3, 0.4) is 0 Å². The number of halogens is 2. The minimum atomic E-state index is -3.63. The quantitative estimate of drug-likeness (QED) is 0.616. The first-order valence-electron chi connectivity index (χ1n) is 12.8. The second-order valence-corrected chi connectivity index (χ2v) is 10.7. The van der Waals surface area contributed by atoms with Gasteiger partial charge in [0.25, 0.3) is 5.91 Å². The molecule has 3 amide bonds. The summed E-state index contributed by atoms with van der Waals surface area (Å²) in [5.74, 6) is -0.117. The van der Waals surface area contributed by atoms with Crippen molar-refractivity contribution in [1.82, 2.24) is 15.1 Å². The lowest BCUT2D eigenvalue weighted by atomic mass is 9.74. The van der Waals surface area contributed by atoms with Crippen molar-refractivity contribution in [3.05, 3.63) is 52.6 Å². The zero-order valence-electron chi connectivity index (χ0n) is 20.4. The van der Waals surface area contributed by atoms with E-state index in [0.717, 1.165) is 48.4 Å². The van der Waals surface area contributed by atoms with E-state index in [9.17, 15) is 23.2 Å². The van der Waals surface area contributed by atoms with E-state index in [1.165, 1.54) is 6.07 Å². The summed E-state index contributed by atoms with van der Waals surface area (Å²) in [5.41, 5.74) is 3.17. The maximum Gasteiger partial charge on any atom is 0.586 e. The highest BCUT2D eigenvalue weighted by atomic mass is 19.3. The number of rotatable bonds is 3. The molecule has 11 heteroatoms. The zero-order chi connectivity index (χ0) is 26.2. The molecule has 2 aromatic rings. The van der Waals surface area contributed by atoms with Crippen LogP contribution in [0.4, 0.5) is 8.78 Å². The van der Waals surface area contributed by atoms with Gasteiger partial charge in [-0.3, -0.25) is 24.6 Å². The van der Waals surface area contributed by atoms with Crippen molar-refractivity contribution < 1.29 is 37.4 Å². The third-order valence-corrected chi connectivity index (χ3v) is 8.42. The van der Waals surface area contributed by atoms with Gasteiger partial charge in [-0.1, -0.05) is 12.1 Å². The normalized spacial score (nSPS) is 24.8. The summed E-state index contributed by atoms with van der Waals surface area (Å²) >= 11 is 0. The third kappa shape index (κ3) is 3.63. The fourth-order valence-corrected chi connectivity index (χ4v) is 6.39. The van der Waals surface area contributed by atoms with Crippen molar-refractivity contribution in [3.63, 3.8) is 0 Å². The molecule has 2 fully saturated rings. The fraction of sp³-hybridized carbons (Fsp3) is 0.444. The van der Waals surface area contributed by atoms with E-state index in [0.29, 0.717) is 25.1 Å². The second-order valence-electron chi connectivity index (χ2n) is 10.7. The molecule has 2 aromatic carbocycles. The molecule has 198 valence electrons. The Kier molecular flexibility index (Phi) is 5.01. The topological polar surface area (TPSA) is 97.4 Å². The van der Waals surface area contributed by atoms with Crippen LogP contribution < -0.4 is 19.5 Å². The van der Waals surface area contributed by atoms with Gasteiger partial charge < -0.3 is 19.1 Å². The van der Waals surface area contributed by atoms with Crippen LogP contribution in [-0.4, -0.2) is 59.6 Å². The fourth-order valence-electron chi connectivity index (χ4n) is 6.39. The predicted octanol–water partition coefficient (Wildman–Crippen LogP) is 2.70. The Morgan fingerprint density at radius 2 is 1.82 bits per heavy atom. The molecule has 1 N–H and O–H groups in total. The molecule has 0 saturated carbocycles. The number of hydrogen-bond donors (Lipinski definition) is 1. The van der Waals surface area contributed by atoms with Crippen molar-refractivity contribution in [1.29, 1.82) is 0 Å². The van der Waals surface area contributed by atoms with Crippen LogP contribution in [0.5, 0.6) is 17.2 Å². The van der Waals surface area contributed by atoms with Gasteiger partial charge in [0.15, 0.2) is 11.5 Å². The predicted molar refractivity (Wildman–Crippen MR) is 127 cm³/mol. The number of amides is 3. The van der Waals surface area contributed by atoms with Gasteiger partial charge in [0.2, 0.25) is 11.8 Å². The molecule has 1 unspecified atom stereocenters. The first-order chi connectivity index (χ1) is 18.2. The first kappa shape index (κ1) is 23.4. The summed E-state index contributed by atoms with van der Waals surface area (Å²) in [5, 5.41) is 2.34. The van der Waals surface area contributed by atoms with Gasteiger partial charge in [0.1, 0.15) is 11.8 Å². The van der Waals surface area contributed by atoms with Gasteiger partial charge in [-0.05, 0) is 56.1 Å². The van der Waals surface area contributed by atoms with Gasteiger partial charge in [0, 0.05) is 35.1 Å². The standard InChI is InChI=1S/C27H25F2N3O6/c28-27(29)37-20-5-1-15(11-21(20)38-27)12-31-9-7-26(8-10-31)14-36-23-17-13-32(19-4-6-22(33)30-24(19)34)25(35)16(17)2-3-18(23)26/h1-3,5,11,19H,4,6-10,12-14H2,(H,30,33,34). The van der Waals surface area contributed by atoms with Gasteiger partial charge in [-0.2, -0.15) is 0 Å². The van der Waals surface area contributed by atoms with Gasteiger partial charge in [0.05, 0.1) is 13.2 Å². The molecule has 0 radical (unpaired) electrons. The molecule has 0 aliphatic carbocycles. The lowest BCUT2D eigenvalue weighted by molar-refractivity contribution is -0.286. The van der Waals surface area contributed by atoms with Crippen molar-refractivity contribution in [2.75, 3.05) is 19.7 Å². The number of hydrogen-bond acceptors (Lipinski definition) is 7. The molecule has 0 bridgehead atoms. The lowest BCUT2D eigenvalue weighted by Crippen LogP contribution is -2.52. The summed E-state index contributed by atoms with van der Waals surface area (Å²) in [4.78, 5) is 40.9. The highest BCUT2D eigenvalue weighted by molar-refractivity contribution is 6.05. The molecule has 5 heterocycles. The SMILES string of the molecule is O=C1CCC(N2Cc3c(ccc4c3OCC43CCN(Cc4ccc5c(c4)OC(F)(F)O5)CC3)C2=O)C(=O)N1. The number of fused-ring (bicyclic) bond motifs is 5. The number of benzene rings is 2. The van der Waals surface area contributed by atoms with Crippen LogP contribution in [0, 0.1) is 0 Å². The van der Waals surface area contributed by atoms with Crippen LogP contribution >= 0.6 is 0 Å². The number of carbonyl (C=O) groups is 3. The Bertz CT molecular complexity index is 1390. The summed E-state index contributed by atoms with van der Waals surface area (Å²) < 4.78 is 42.0. The Hall–Kier alpha value is -3.73. The minimum absolute atomic E-state index is 0.0400. The largest absolute Gasteiger partial charge is 0.586 e. The summed E-state index contributed by atoms with van der Waals surface area (Å²) in [7, 11) is 0. The van der Waals surface area contributed by atoms with Crippen molar-refractivity contribution >= 4 is 17.7 Å². The van der Waals surface area contributed by atoms with Gasteiger partial charge >= 0.3 is 6.29 Å². The van der Waals surface area contributed by atoms with Crippen LogP contribution in [-0.2, 0) is 28.1 Å². The minimum Gasteiger partial charge on any atom is -0.492 e. The van der Waals surface area contributed by atoms with E-state index in [1.807, 2.05) is 12.1 Å². The number of carbonyl (C=O) groups excluding carboxylic acids is 3. The molecule has 7 rings (SSSR count). The van der Waals surface area contributed by atoms with Gasteiger partial charge in [-0.15, -0.1) is 8.78 Å². The zero-order valence-corrected chi connectivity index (χ0v) is 20.4. The number of imide groups is 1. The average molecular weight is 526 g/mol. The number of nitrogens with one attached hydrogen (secondary N) is 1. The molecule has 9 nitrogen and oxygen atoms in total.